The van der Waals surface area contributed by atoms with Crippen molar-refractivity contribution in [3.63, 3.8) is 0 Å². The molecular weight excluding hydrogens is 254 g/mol. The maximum atomic E-state index is 12.2. The van der Waals surface area contributed by atoms with Gasteiger partial charge in [0.05, 0.1) is 4.88 Å². The van der Waals surface area contributed by atoms with Crippen LogP contribution in [0.3, 0.4) is 0 Å². The molecule has 2 aromatic rings. The first-order valence-corrected chi connectivity index (χ1v) is 7.66. The monoisotopic (exact) mass is 271 g/mol. The third-order valence-corrected chi connectivity index (χ3v) is 4.46. The number of benzene rings is 1. The van der Waals surface area contributed by atoms with Gasteiger partial charge in [-0.15, -0.1) is 11.3 Å². The van der Waals surface area contributed by atoms with Gasteiger partial charge < -0.3 is 4.90 Å². The van der Waals surface area contributed by atoms with E-state index in [2.05, 4.69) is 17.0 Å². The third-order valence-electron chi connectivity index (χ3n) is 3.60. The summed E-state index contributed by atoms with van der Waals surface area (Å²) in [5.41, 5.74) is 2.02. The molecule has 19 heavy (non-hydrogen) atoms. The van der Waals surface area contributed by atoms with Crippen LogP contribution in [0.5, 0.6) is 0 Å². The lowest BCUT2D eigenvalue weighted by molar-refractivity contribution is 0.104. The van der Waals surface area contributed by atoms with Gasteiger partial charge in [-0.25, -0.2) is 0 Å². The number of carbonyl (C=O) groups is 1. The lowest BCUT2D eigenvalue weighted by Crippen LogP contribution is -2.29. The summed E-state index contributed by atoms with van der Waals surface area (Å²) in [6.07, 6.45) is 3.89. The highest BCUT2D eigenvalue weighted by Crippen LogP contribution is 2.22. The SMILES string of the molecule is O=C(c1ccc(N2CCCCC2)cc1)c1cccs1. The number of hydrogen-bond acceptors (Lipinski definition) is 3. The zero-order valence-electron chi connectivity index (χ0n) is 10.8. The summed E-state index contributed by atoms with van der Waals surface area (Å²) < 4.78 is 0. The molecule has 1 aromatic heterocycles. The van der Waals surface area contributed by atoms with Gasteiger partial charge in [0.2, 0.25) is 5.78 Å². The van der Waals surface area contributed by atoms with E-state index in [0.717, 1.165) is 23.5 Å². The van der Waals surface area contributed by atoms with E-state index in [4.69, 9.17) is 0 Å². The fourth-order valence-electron chi connectivity index (χ4n) is 2.53. The molecule has 2 nitrogen and oxygen atoms in total. The van der Waals surface area contributed by atoms with Crippen molar-refractivity contribution in [3.8, 4) is 0 Å². The Kier molecular flexibility index (Phi) is 3.65. The van der Waals surface area contributed by atoms with Crippen molar-refractivity contribution in [3.05, 3.63) is 52.2 Å². The summed E-state index contributed by atoms with van der Waals surface area (Å²) >= 11 is 1.50. The standard InChI is InChI=1S/C16H17NOS/c18-16(15-5-4-12-19-15)13-6-8-14(9-7-13)17-10-2-1-3-11-17/h4-9,12H,1-3,10-11H2. The zero-order valence-corrected chi connectivity index (χ0v) is 11.7. The molecule has 98 valence electrons. The van der Waals surface area contributed by atoms with Gasteiger partial charge in [0.25, 0.3) is 0 Å². The van der Waals surface area contributed by atoms with Crippen molar-refractivity contribution in [1.29, 1.82) is 0 Å². The van der Waals surface area contributed by atoms with Crippen molar-refractivity contribution in [1.82, 2.24) is 0 Å². The topological polar surface area (TPSA) is 20.3 Å². The first kappa shape index (κ1) is 12.4. The van der Waals surface area contributed by atoms with Crippen LogP contribution in [0.25, 0.3) is 0 Å². The highest BCUT2D eigenvalue weighted by molar-refractivity contribution is 7.12. The number of nitrogens with zero attached hydrogens (tertiary/aromatic N) is 1. The molecule has 0 unspecified atom stereocenters. The predicted octanol–water partition coefficient (Wildman–Crippen LogP) is 3.97. The average Bonchev–Trinajstić information content (AvgIpc) is 3.02. The Morgan fingerprint density at radius 2 is 1.74 bits per heavy atom. The maximum absolute atomic E-state index is 12.2. The average molecular weight is 271 g/mol. The van der Waals surface area contributed by atoms with Crippen LogP contribution < -0.4 is 4.90 Å². The predicted molar refractivity (Wildman–Crippen MR) is 80.3 cm³/mol. The van der Waals surface area contributed by atoms with Gasteiger partial charge in [0.1, 0.15) is 0 Å². The van der Waals surface area contributed by atoms with Crippen LogP contribution in [-0.4, -0.2) is 18.9 Å². The van der Waals surface area contributed by atoms with Crippen LogP contribution in [0.4, 0.5) is 5.69 Å². The second-order valence-electron chi connectivity index (χ2n) is 4.90. The van der Waals surface area contributed by atoms with E-state index in [9.17, 15) is 4.79 Å². The van der Waals surface area contributed by atoms with Gasteiger partial charge in [0, 0.05) is 24.3 Å². The van der Waals surface area contributed by atoms with Crippen molar-refractivity contribution in [2.24, 2.45) is 0 Å². The first-order chi connectivity index (χ1) is 9.34. The van der Waals surface area contributed by atoms with Crippen molar-refractivity contribution in [2.75, 3.05) is 18.0 Å². The van der Waals surface area contributed by atoms with Crippen molar-refractivity contribution in [2.45, 2.75) is 19.3 Å². The minimum absolute atomic E-state index is 0.125. The summed E-state index contributed by atoms with van der Waals surface area (Å²) in [5.74, 6) is 0.125. The van der Waals surface area contributed by atoms with E-state index >= 15 is 0 Å². The number of hydrogen-bond donors (Lipinski definition) is 0. The smallest absolute Gasteiger partial charge is 0.202 e. The Bertz CT molecular complexity index is 539. The molecule has 0 N–H and O–H groups in total. The second-order valence-corrected chi connectivity index (χ2v) is 5.85. The highest BCUT2D eigenvalue weighted by Gasteiger charge is 2.13. The Labute approximate surface area is 117 Å². The minimum Gasteiger partial charge on any atom is -0.372 e. The molecule has 1 aliphatic heterocycles. The van der Waals surface area contributed by atoms with Gasteiger partial charge in [-0.05, 0) is 55.0 Å². The maximum Gasteiger partial charge on any atom is 0.202 e. The normalized spacial score (nSPS) is 15.5. The van der Waals surface area contributed by atoms with Crippen LogP contribution in [0.15, 0.2) is 41.8 Å². The molecule has 3 heteroatoms. The van der Waals surface area contributed by atoms with Crippen molar-refractivity contribution < 1.29 is 4.79 Å². The van der Waals surface area contributed by atoms with E-state index in [1.165, 1.54) is 36.3 Å². The number of rotatable bonds is 3. The van der Waals surface area contributed by atoms with Gasteiger partial charge in [-0.2, -0.15) is 0 Å². The molecule has 1 saturated heterocycles. The third kappa shape index (κ3) is 2.71. The largest absolute Gasteiger partial charge is 0.372 e. The Balaban J connectivity index is 1.77. The van der Waals surface area contributed by atoms with E-state index in [-0.39, 0.29) is 5.78 Å². The Hall–Kier alpha value is -1.61. The van der Waals surface area contributed by atoms with Crippen LogP contribution in [0.1, 0.15) is 34.5 Å². The van der Waals surface area contributed by atoms with Crippen LogP contribution in [-0.2, 0) is 0 Å². The highest BCUT2D eigenvalue weighted by atomic mass is 32.1. The van der Waals surface area contributed by atoms with Gasteiger partial charge in [-0.3, -0.25) is 4.79 Å². The van der Waals surface area contributed by atoms with Gasteiger partial charge in [0.15, 0.2) is 0 Å². The molecule has 1 fully saturated rings. The van der Waals surface area contributed by atoms with Gasteiger partial charge in [-0.1, -0.05) is 6.07 Å². The molecule has 3 rings (SSSR count). The van der Waals surface area contributed by atoms with E-state index < -0.39 is 0 Å². The summed E-state index contributed by atoms with van der Waals surface area (Å²) in [5, 5.41) is 1.94. The molecule has 0 aliphatic carbocycles. The van der Waals surface area contributed by atoms with E-state index in [1.807, 2.05) is 29.6 Å². The molecule has 0 radical (unpaired) electrons. The molecule has 0 atom stereocenters. The van der Waals surface area contributed by atoms with E-state index in [0.29, 0.717) is 0 Å². The molecular formula is C16H17NOS. The van der Waals surface area contributed by atoms with Gasteiger partial charge >= 0.3 is 0 Å². The molecule has 1 aliphatic rings. The van der Waals surface area contributed by atoms with Crippen LogP contribution in [0, 0.1) is 0 Å². The fourth-order valence-corrected chi connectivity index (χ4v) is 3.21. The lowest BCUT2D eigenvalue weighted by Gasteiger charge is -2.28. The van der Waals surface area contributed by atoms with E-state index in [1.54, 1.807) is 0 Å². The fraction of sp³-hybridized carbons (Fsp3) is 0.312. The summed E-state index contributed by atoms with van der Waals surface area (Å²) in [6.45, 7) is 2.27. The Morgan fingerprint density at radius 1 is 1.00 bits per heavy atom. The quantitative estimate of drug-likeness (QED) is 0.787. The molecule has 0 spiro atoms. The minimum atomic E-state index is 0.125. The molecule has 2 heterocycles. The molecule has 0 saturated carbocycles. The number of carbonyl (C=O) groups excluding carboxylic acids is 1. The number of anilines is 1. The zero-order chi connectivity index (χ0) is 13.1. The first-order valence-electron chi connectivity index (χ1n) is 6.78. The molecule has 0 bridgehead atoms. The number of ketones is 1. The van der Waals surface area contributed by atoms with Crippen molar-refractivity contribution >= 4 is 22.8 Å². The number of piperidine rings is 1. The van der Waals surface area contributed by atoms with Crippen LogP contribution in [0.2, 0.25) is 0 Å². The van der Waals surface area contributed by atoms with Crippen LogP contribution >= 0.6 is 11.3 Å². The second kappa shape index (κ2) is 5.57. The number of thiophene rings is 1. The summed E-state index contributed by atoms with van der Waals surface area (Å²) in [7, 11) is 0. The lowest BCUT2D eigenvalue weighted by atomic mass is 10.1. The molecule has 0 amide bonds. The summed E-state index contributed by atoms with van der Waals surface area (Å²) in [6, 6.07) is 11.8. The molecule has 1 aromatic carbocycles. The summed E-state index contributed by atoms with van der Waals surface area (Å²) in [4.78, 5) is 15.4. The Morgan fingerprint density at radius 3 is 2.37 bits per heavy atom.